The lowest BCUT2D eigenvalue weighted by Crippen LogP contribution is -2.00. The van der Waals surface area contributed by atoms with Crippen molar-refractivity contribution < 1.29 is 13.9 Å². The molecular weight excluding hydrogens is 418 g/mol. The summed E-state index contributed by atoms with van der Waals surface area (Å²) in [4.78, 5) is 9.34. The first-order chi connectivity index (χ1) is 16.1. The molecule has 0 aliphatic carbocycles. The molecule has 3 aromatic carbocycles. The van der Waals surface area contributed by atoms with Crippen LogP contribution in [0.5, 0.6) is 11.5 Å². The number of benzene rings is 3. The van der Waals surface area contributed by atoms with E-state index in [2.05, 4.69) is 20.5 Å². The van der Waals surface area contributed by atoms with Gasteiger partial charge < -0.3 is 19.2 Å². The van der Waals surface area contributed by atoms with Crippen LogP contribution >= 0.6 is 0 Å². The third-order valence-electron chi connectivity index (χ3n) is 5.10. The van der Waals surface area contributed by atoms with Crippen LogP contribution in [-0.2, 0) is 0 Å². The van der Waals surface area contributed by atoms with E-state index in [1.807, 2.05) is 67.6 Å². The van der Waals surface area contributed by atoms with E-state index in [1.165, 1.54) is 0 Å². The number of methoxy groups -OCH3 is 2. The minimum absolute atomic E-state index is 0.239. The number of nitrogens with zero attached hydrogens (tertiary/aromatic N) is 4. The number of aromatic nitrogens is 4. The van der Waals surface area contributed by atoms with Crippen molar-refractivity contribution in [1.29, 1.82) is 0 Å². The van der Waals surface area contributed by atoms with Gasteiger partial charge in [0.1, 0.15) is 17.3 Å². The molecule has 0 aliphatic rings. The topological polar surface area (TPSA) is 95.2 Å². The van der Waals surface area contributed by atoms with Crippen molar-refractivity contribution >= 4 is 22.4 Å². The molecule has 5 aromatic rings. The Hall–Kier alpha value is -4.46. The summed E-state index contributed by atoms with van der Waals surface area (Å²) in [5.74, 6) is 2.91. The number of hydrogen-bond acceptors (Lipinski definition) is 8. The number of aryl methyl sites for hydroxylation is 1. The first kappa shape index (κ1) is 20.4. The monoisotopic (exact) mass is 439 g/mol. The number of rotatable bonds is 6. The van der Waals surface area contributed by atoms with Crippen LogP contribution in [0, 0.1) is 6.92 Å². The molecule has 0 amide bonds. The van der Waals surface area contributed by atoms with Crippen LogP contribution in [0.15, 0.2) is 71.1 Å². The van der Waals surface area contributed by atoms with E-state index in [9.17, 15) is 0 Å². The summed E-state index contributed by atoms with van der Waals surface area (Å²) < 4.78 is 16.7. The van der Waals surface area contributed by atoms with Crippen LogP contribution in [0.3, 0.4) is 0 Å². The van der Waals surface area contributed by atoms with Crippen molar-refractivity contribution in [3.8, 4) is 34.7 Å². The molecule has 1 N–H and O–H groups in total. The molecule has 0 saturated carbocycles. The summed E-state index contributed by atoms with van der Waals surface area (Å²) in [5.41, 5.74) is 3.45. The lowest BCUT2D eigenvalue weighted by Gasteiger charge is -2.12. The number of fused-ring (bicyclic) bond motifs is 1. The average molecular weight is 439 g/mol. The average Bonchev–Trinajstić information content (AvgIpc) is 3.34. The molecule has 2 heterocycles. The van der Waals surface area contributed by atoms with E-state index < -0.39 is 0 Å². The zero-order valence-corrected chi connectivity index (χ0v) is 18.4. The minimum atomic E-state index is 0.239. The molecular formula is C25H21N5O3. The van der Waals surface area contributed by atoms with Gasteiger partial charge in [-0.1, -0.05) is 29.8 Å². The van der Waals surface area contributed by atoms with E-state index in [4.69, 9.17) is 18.9 Å². The molecule has 164 valence electrons. The van der Waals surface area contributed by atoms with Gasteiger partial charge in [-0.2, -0.15) is 0 Å². The fraction of sp³-hybridized carbons (Fsp3) is 0.120. The molecule has 33 heavy (non-hydrogen) atoms. The second-order valence-corrected chi connectivity index (χ2v) is 7.42. The number of anilines is 2. The summed E-state index contributed by atoms with van der Waals surface area (Å²) >= 11 is 0. The van der Waals surface area contributed by atoms with Crippen molar-refractivity contribution in [2.45, 2.75) is 6.92 Å². The third kappa shape index (κ3) is 4.18. The highest BCUT2D eigenvalue weighted by Gasteiger charge is 2.17. The Morgan fingerprint density at radius 2 is 1.55 bits per heavy atom. The molecule has 8 heteroatoms. The summed E-state index contributed by atoms with van der Waals surface area (Å²) in [5, 5.41) is 12.6. The summed E-state index contributed by atoms with van der Waals surface area (Å²) in [6.07, 6.45) is 0. The second kappa shape index (κ2) is 8.58. The normalized spacial score (nSPS) is 10.9. The molecule has 8 nitrogen and oxygen atoms in total. The lowest BCUT2D eigenvalue weighted by molar-refractivity contribution is 0.395. The summed E-state index contributed by atoms with van der Waals surface area (Å²) in [6.45, 7) is 2.01. The Kier molecular flexibility index (Phi) is 5.32. The van der Waals surface area contributed by atoms with E-state index >= 15 is 0 Å². The van der Waals surface area contributed by atoms with E-state index in [-0.39, 0.29) is 5.89 Å². The van der Waals surface area contributed by atoms with E-state index in [0.717, 1.165) is 27.7 Å². The van der Waals surface area contributed by atoms with Gasteiger partial charge in [-0.3, -0.25) is 0 Å². The van der Waals surface area contributed by atoms with Crippen LogP contribution in [-0.4, -0.2) is 34.4 Å². The largest absolute Gasteiger partial charge is 0.497 e. The molecule has 0 fully saturated rings. The van der Waals surface area contributed by atoms with Gasteiger partial charge in [-0.05, 0) is 31.2 Å². The first-order valence-electron chi connectivity index (χ1n) is 10.3. The summed E-state index contributed by atoms with van der Waals surface area (Å²) in [6, 6.07) is 21.1. The quantitative estimate of drug-likeness (QED) is 0.375. The minimum Gasteiger partial charge on any atom is -0.497 e. The Morgan fingerprint density at radius 1 is 0.788 bits per heavy atom. The number of hydrogen-bond donors (Lipinski definition) is 1. The fourth-order valence-corrected chi connectivity index (χ4v) is 3.49. The molecule has 0 aliphatic heterocycles. The van der Waals surface area contributed by atoms with Crippen LogP contribution in [0.25, 0.3) is 34.1 Å². The molecule has 0 radical (unpaired) electrons. The zero-order valence-electron chi connectivity index (χ0n) is 18.4. The standard InChI is InChI=1S/C25H21N5O3/c1-15-7-6-8-16(11-15)24-29-30-25(33-24)23-27-21-10-5-4-9-20(21)22(28-23)26-17-12-18(31-2)14-19(13-17)32-3/h4-14H,1-3H3,(H,26,27,28). The molecule has 0 spiro atoms. The highest BCUT2D eigenvalue weighted by atomic mass is 16.5. The summed E-state index contributed by atoms with van der Waals surface area (Å²) in [7, 11) is 3.22. The number of ether oxygens (including phenoxy) is 2. The maximum absolute atomic E-state index is 5.92. The molecule has 0 atom stereocenters. The smallest absolute Gasteiger partial charge is 0.286 e. The Bertz CT molecular complexity index is 1430. The van der Waals surface area contributed by atoms with Crippen molar-refractivity contribution in [1.82, 2.24) is 20.2 Å². The molecule has 5 rings (SSSR count). The molecule has 0 bridgehead atoms. The first-order valence-corrected chi connectivity index (χ1v) is 10.3. The Morgan fingerprint density at radius 3 is 2.30 bits per heavy atom. The maximum atomic E-state index is 5.92. The van der Waals surface area contributed by atoms with Gasteiger partial charge in [-0.15, -0.1) is 10.2 Å². The highest BCUT2D eigenvalue weighted by Crippen LogP contribution is 2.31. The highest BCUT2D eigenvalue weighted by molar-refractivity contribution is 5.92. The fourth-order valence-electron chi connectivity index (χ4n) is 3.49. The maximum Gasteiger partial charge on any atom is 0.286 e. The van der Waals surface area contributed by atoms with E-state index in [1.54, 1.807) is 20.3 Å². The van der Waals surface area contributed by atoms with Crippen molar-refractivity contribution in [3.05, 3.63) is 72.3 Å². The number of para-hydroxylation sites is 1. The van der Waals surface area contributed by atoms with Crippen molar-refractivity contribution in [2.24, 2.45) is 0 Å². The van der Waals surface area contributed by atoms with Gasteiger partial charge in [-0.25, -0.2) is 9.97 Å². The van der Waals surface area contributed by atoms with Crippen molar-refractivity contribution in [2.75, 3.05) is 19.5 Å². The predicted molar refractivity (Wildman–Crippen MR) is 126 cm³/mol. The van der Waals surface area contributed by atoms with Crippen LogP contribution in [0.1, 0.15) is 5.56 Å². The third-order valence-corrected chi connectivity index (χ3v) is 5.10. The van der Waals surface area contributed by atoms with Gasteiger partial charge >= 0.3 is 0 Å². The van der Waals surface area contributed by atoms with Gasteiger partial charge in [0.25, 0.3) is 5.89 Å². The number of nitrogens with one attached hydrogen (secondary N) is 1. The van der Waals surface area contributed by atoms with Gasteiger partial charge in [0.2, 0.25) is 11.7 Å². The Labute approximate surface area is 190 Å². The van der Waals surface area contributed by atoms with Gasteiger partial charge in [0.15, 0.2) is 0 Å². The Balaban J connectivity index is 1.57. The zero-order chi connectivity index (χ0) is 22.8. The molecule has 0 unspecified atom stereocenters. The van der Waals surface area contributed by atoms with Crippen molar-refractivity contribution in [3.63, 3.8) is 0 Å². The van der Waals surface area contributed by atoms with Gasteiger partial charge in [0, 0.05) is 34.8 Å². The van der Waals surface area contributed by atoms with E-state index in [0.29, 0.717) is 29.0 Å². The van der Waals surface area contributed by atoms with Gasteiger partial charge in [0.05, 0.1) is 19.7 Å². The van der Waals surface area contributed by atoms with Crippen LogP contribution in [0.4, 0.5) is 11.5 Å². The molecule has 2 aromatic heterocycles. The van der Waals surface area contributed by atoms with Crippen LogP contribution in [0.2, 0.25) is 0 Å². The SMILES string of the molecule is COc1cc(Nc2nc(-c3nnc(-c4cccc(C)c4)o3)nc3ccccc23)cc(OC)c1. The lowest BCUT2D eigenvalue weighted by atomic mass is 10.1. The second-order valence-electron chi connectivity index (χ2n) is 7.42. The van der Waals surface area contributed by atoms with Crippen LogP contribution < -0.4 is 14.8 Å². The molecule has 0 saturated heterocycles. The predicted octanol–water partition coefficient (Wildman–Crippen LogP) is 5.42.